The lowest BCUT2D eigenvalue weighted by atomic mass is 10.1. The normalized spacial score (nSPS) is 24.7. The molecule has 1 aromatic rings. The molecule has 0 spiro atoms. The van der Waals surface area contributed by atoms with Crippen LogP contribution in [0, 0.1) is 0 Å². The second-order valence-corrected chi connectivity index (χ2v) is 4.36. The van der Waals surface area contributed by atoms with Crippen molar-refractivity contribution in [3.05, 3.63) is 24.0 Å². The lowest BCUT2D eigenvalue weighted by Crippen LogP contribution is -2.51. The molecule has 2 rings (SSSR count). The zero-order chi connectivity index (χ0) is 12.3. The van der Waals surface area contributed by atoms with E-state index in [0.717, 1.165) is 0 Å². The minimum Gasteiger partial charge on any atom is -0.373 e. The summed E-state index contributed by atoms with van der Waals surface area (Å²) in [7, 11) is 0. The standard InChI is InChI=1S/C11H14ClN3O2/c1-8-7-17-10(4-12)6-15(8)11(16)9-2-3-13-14-5-9/h2-3,5,8,10H,4,6-7H2,1H3. The van der Waals surface area contributed by atoms with Gasteiger partial charge in [0, 0.05) is 6.54 Å². The summed E-state index contributed by atoms with van der Waals surface area (Å²) in [6.45, 7) is 2.99. The summed E-state index contributed by atoms with van der Waals surface area (Å²) in [6, 6.07) is 1.71. The number of ether oxygens (including phenoxy) is 1. The van der Waals surface area contributed by atoms with Gasteiger partial charge in [-0.2, -0.15) is 10.2 Å². The molecule has 0 aromatic carbocycles. The van der Waals surface area contributed by atoms with Crippen LogP contribution in [0.5, 0.6) is 0 Å². The lowest BCUT2D eigenvalue weighted by molar-refractivity contribution is -0.0372. The fraction of sp³-hybridized carbons (Fsp3) is 0.545. The van der Waals surface area contributed by atoms with Crippen molar-refractivity contribution in [2.45, 2.75) is 19.1 Å². The monoisotopic (exact) mass is 255 g/mol. The van der Waals surface area contributed by atoms with E-state index in [1.165, 1.54) is 12.4 Å². The Bertz CT molecular complexity index is 388. The summed E-state index contributed by atoms with van der Waals surface area (Å²) in [4.78, 5) is 14.0. The number of amides is 1. The Morgan fingerprint density at radius 2 is 2.47 bits per heavy atom. The maximum absolute atomic E-state index is 12.2. The smallest absolute Gasteiger partial charge is 0.255 e. The number of alkyl halides is 1. The number of hydrogen-bond donors (Lipinski definition) is 0. The molecule has 0 saturated carbocycles. The van der Waals surface area contributed by atoms with Crippen LogP contribution in [0.3, 0.4) is 0 Å². The fourth-order valence-electron chi connectivity index (χ4n) is 1.78. The van der Waals surface area contributed by atoms with Crippen LogP contribution in [0.2, 0.25) is 0 Å². The van der Waals surface area contributed by atoms with Crippen LogP contribution >= 0.6 is 11.6 Å². The Kier molecular flexibility index (Phi) is 3.91. The molecule has 0 bridgehead atoms. The molecule has 0 N–H and O–H groups in total. The summed E-state index contributed by atoms with van der Waals surface area (Å²) in [5.74, 6) is 0.344. The number of morpholine rings is 1. The number of aromatic nitrogens is 2. The Morgan fingerprint density at radius 3 is 3.12 bits per heavy atom. The third-order valence-electron chi connectivity index (χ3n) is 2.77. The van der Waals surface area contributed by atoms with Crippen molar-refractivity contribution >= 4 is 17.5 Å². The first kappa shape index (κ1) is 12.3. The molecule has 1 aromatic heterocycles. The van der Waals surface area contributed by atoms with E-state index in [1.54, 1.807) is 11.0 Å². The molecule has 92 valence electrons. The van der Waals surface area contributed by atoms with Crippen LogP contribution in [-0.2, 0) is 4.74 Å². The molecule has 1 aliphatic heterocycles. The van der Waals surface area contributed by atoms with E-state index in [4.69, 9.17) is 16.3 Å². The Morgan fingerprint density at radius 1 is 1.65 bits per heavy atom. The highest BCUT2D eigenvalue weighted by Gasteiger charge is 2.29. The quantitative estimate of drug-likeness (QED) is 0.739. The van der Waals surface area contributed by atoms with E-state index in [9.17, 15) is 4.79 Å². The zero-order valence-corrected chi connectivity index (χ0v) is 10.3. The third-order valence-corrected chi connectivity index (χ3v) is 3.11. The highest BCUT2D eigenvalue weighted by Crippen LogP contribution is 2.15. The van der Waals surface area contributed by atoms with Gasteiger partial charge in [0.25, 0.3) is 5.91 Å². The van der Waals surface area contributed by atoms with E-state index in [2.05, 4.69) is 10.2 Å². The van der Waals surface area contributed by atoms with Gasteiger partial charge in [-0.1, -0.05) is 0 Å². The molecule has 0 aliphatic carbocycles. The van der Waals surface area contributed by atoms with Gasteiger partial charge < -0.3 is 9.64 Å². The summed E-state index contributed by atoms with van der Waals surface area (Å²) in [6.07, 6.45) is 2.89. The van der Waals surface area contributed by atoms with Crippen LogP contribution in [0.15, 0.2) is 18.5 Å². The lowest BCUT2D eigenvalue weighted by Gasteiger charge is -2.37. The van der Waals surface area contributed by atoms with Gasteiger partial charge in [-0.3, -0.25) is 4.79 Å². The van der Waals surface area contributed by atoms with Crippen molar-refractivity contribution in [1.29, 1.82) is 0 Å². The first-order valence-electron chi connectivity index (χ1n) is 5.47. The molecular weight excluding hydrogens is 242 g/mol. The average Bonchev–Trinajstić information content (AvgIpc) is 2.39. The number of rotatable bonds is 2. The largest absolute Gasteiger partial charge is 0.373 e. The van der Waals surface area contributed by atoms with Crippen molar-refractivity contribution in [3.8, 4) is 0 Å². The highest BCUT2D eigenvalue weighted by molar-refractivity contribution is 6.18. The summed E-state index contributed by atoms with van der Waals surface area (Å²) in [5, 5.41) is 7.37. The Labute approximate surface area is 105 Å². The SMILES string of the molecule is CC1COC(CCl)CN1C(=O)c1ccnnc1. The van der Waals surface area contributed by atoms with E-state index in [-0.39, 0.29) is 18.1 Å². The van der Waals surface area contributed by atoms with Crippen molar-refractivity contribution in [2.75, 3.05) is 19.0 Å². The molecule has 6 heteroatoms. The molecule has 1 fully saturated rings. The van der Waals surface area contributed by atoms with Crippen molar-refractivity contribution < 1.29 is 9.53 Å². The van der Waals surface area contributed by atoms with Crippen molar-refractivity contribution in [2.24, 2.45) is 0 Å². The van der Waals surface area contributed by atoms with Gasteiger partial charge in [-0.05, 0) is 13.0 Å². The van der Waals surface area contributed by atoms with E-state index < -0.39 is 0 Å². The minimum atomic E-state index is -0.0911. The minimum absolute atomic E-state index is 0.0502. The van der Waals surface area contributed by atoms with Gasteiger partial charge >= 0.3 is 0 Å². The second-order valence-electron chi connectivity index (χ2n) is 4.05. The summed E-state index contributed by atoms with van der Waals surface area (Å²) >= 11 is 5.76. The first-order valence-corrected chi connectivity index (χ1v) is 6.01. The van der Waals surface area contributed by atoms with Crippen molar-refractivity contribution in [3.63, 3.8) is 0 Å². The number of carbonyl (C=O) groups is 1. The molecule has 2 atom stereocenters. The predicted molar refractivity (Wildman–Crippen MR) is 63.0 cm³/mol. The maximum atomic E-state index is 12.2. The van der Waals surface area contributed by atoms with Crippen LogP contribution in [0.25, 0.3) is 0 Å². The first-order chi connectivity index (χ1) is 8.22. The molecule has 2 unspecified atom stereocenters. The Balaban J connectivity index is 2.12. The number of nitrogens with zero attached hydrogens (tertiary/aromatic N) is 3. The molecule has 2 heterocycles. The van der Waals surface area contributed by atoms with E-state index >= 15 is 0 Å². The zero-order valence-electron chi connectivity index (χ0n) is 9.54. The molecule has 1 saturated heterocycles. The van der Waals surface area contributed by atoms with Gasteiger partial charge in [-0.25, -0.2) is 0 Å². The average molecular weight is 256 g/mol. The van der Waals surface area contributed by atoms with Crippen LogP contribution in [0.4, 0.5) is 0 Å². The van der Waals surface area contributed by atoms with Gasteiger partial charge in [0.05, 0.1) is 42.6 Å². The van der Waals surface area contributed by atoms with Gasteiger partial charge in [0.15, 0.2) is 0 Å². The molecule has 5 nitrogen and oxygen atoms in total. The maximum Gasteiger partial charge on any atom is 0.255 e. The number of carbonyl (C=O) groups excluding carboxylic acids is 1. The topological polar surface area (TPSA) is 55.3 Å². The predicted octanol–water partition coefficient (Wildman–Crippen LogP) is 0.945. The third kappa shape index (κ3) is 2.73. The van der Waals surface area contributed by atoms with Crippen LogP contribution in [-0.4, -0.2) is 52.2 Å². The Hall–Kier alpha value is -1.20. The van der Waals surface area contributed by atoms with E-state index in [0.29, 0.717) is 24.6 Å². The number of halogens is 1. The molecule has 17 heavy (non-hydrogen) atoms. The second kappa shape index (κ2) is 5.42. The number of hydrogen-bond acceptors (Lipinski definition) is 4. The molecular formula is C11H14ClN3O2. The van der Waals surface area contributed by atoms with Crippen LogP contribution < -0.4 is 0 Å². The van der Waals surface area contributed by atoms with Crippen molar-refractivity contribution in [1.82, 2.24) is 15.1 Å². The summed E-state index contributed by atoms with van der Waals surface area (Å²) < 4.78 is 5.50. The van der Waals surface area contributed by atoms with Gasteiger partial charge in [0.1, 0.15) is 0 Å². The van der Waals surface area contributed by atoms with Gasteiger partial charge in [-0.15, -0.1) is 11.6 Å². The van der Waals surface area contributed by atoms with Crippen LogP contribution in [0.1, 0.15) is 17.3 Å². The fourth-order valence-corrected chi connectivity index (χ4v) is 1.96. The molecule has 0 radical (unpaired) electrons. The van der Waals surface area contributed by atoms with Gasteiger partial charge in [0.2, 0.25) is 0 Å². The summed E-state index contributed by atoms with van der Waals surface area (Å²) in [5.41, 5.74) is 0.544. The van der Waals surface area contributed by atoms with E-state index in [1.807, 2.05) is 6.92 Å². The highest BCUT2D eigenvalue weighted by atomic mass is 35.5. The molecule has 1 aliphatic rings. The molecule has 1 amide bonds.